The zero-order valence-corrected chi connectivity index (χ0v) is 15.6. The van der Waals surface area contributed by atoms with Crippen LogP contribution >= 0.6 is 11.6 Å². The maximum atomic E-state index is 9.86. The molecular formula is C24H15ClN2O. The second-order valence-corrected chi connectivity index (χ2v) is 6.58. The lowest BCUT2D eigenvalue weighted by Gasteiger charge is -2.03. The van der Waals surface area contributed by atoms with Crippen LogP contribution in [-0.2, 0) is 0 Å². The monoisotopic (exact) mass is 382 g/mol. The van der Waals surface area contributed by atoms with Gasteiger partial charge in [0, 0.05) is 22.4 Å². The molecule has 4 heteroatoms. The van der Waals surface area contributed by atoms with Crippen molar-refractivity contribution in [2.24, 2.45) is 4.99 Å². The Balaban J connectivity index is 1.90. The van der Waals surface area contributed by atoms with Crippen LogP contribution in [0.1, 0.15) is 11.1 Å². The fourth-order valence-electron chi connectivity index (χ4n) is 2.97. The minimum absolute atomic E-state index is 0.287. The van der Waals surface area contributed by atoms with Crippen molar-refractivity contribution < 1.29 is 4.42 Å². The average molecular weight is 383 g/mol. The molecule has 0 fully saturated rings. The van der Waals surface area contributed by atoms with E-state index in [0.717, 1.165) is 16.7 Å². The van der Waals surface area contributed by atoms with E-state index < -0.39 is 0 Å². The van der Waals surface area contributed by atoms with Crippen LogP contribution in [-0.4, -0.2) is 6.21 Å². The summed E-state index contributed by atoms with van der Waals surface area (Å²) >= 11 is 6.04. The van der Waals surface area contributed by atoms with Gasteiger partial charge in [0.15, 0.2) is 0 Å². The van der Waals surface area contributed by atoms with Crippen molar-refractivity contribution in [3.63, 3.8) is 0 Å². The molecule has 134 valence electrons. The number of rotatable bonds is 4. The number of furan rings is 1. The summed E-state index contributed by atoms with van der Waals surface area (Å²) in [6.45, 7) is 0. The van der Waals surface area contributed by atoms with Gasteiger partial charge >= 0.3 is 0 Å². The van der Waals surface area contributed by atoms with Gasteiger partial charge in [-0.2, -0.15) is 5.26 Å². The van der Waals surface area contributed by atoms with Crippen LogP contribution < -0.4 is 0 Å². The van der Waals surface area contributed by atoms with Crippen LogP contribution in [0.2, 0.25) is 5.02 Å². The fraction of sp³-hybridized carbons (Fsp3) is 0. The Labute approximate surface area is 168 Å². The number of hydrogen-bond acceptors (Lipinski definition) is 3. The first kappa shape index (κ1) is 17.8. The van der Waals surface area contributed by atoms with Crippen molar-refractivity contribution in [3.8, 4) is 28.5 Å². The van der Waals surface area contributed by atoms with Crippen LogP contribution in [0.5, 0.6) is 0 Å². The predicted molar refractivity (Wildman–Crippen MR) is 113 cm³/mol. The lowest BCUT2D eigenvalue weighted by atomic mass is 9.98. The molecule has 4 aromatic rings. The third-order valence-corrected chi connectivity index (χ3v) is 4.55. The number of hydrogen-bond donors (Lipinski definition) is 0. The topological polar surface area (TPSA) is 49.3 Å². The quantitative estimate of drug-likeness (QED) is 0.361. The Kier molecular flexibility index (Phi) is 5.05. The number of aliphatic imine (C=N–C) groups is 1. The highest BCUT2D eigenvalue weighted by Gasteiger charge is 2.22. The summed E-state index contributed by atoms with van der Waals surface area (Å²) in [6, 6.07) is 29.0. The molecule has 0 bridgehead atoms. The maximum Gasteiger partial charge on any atom is 0.238 e. The van der Waals surface area contributed by atoms with Crippen molar-refractivity contribution in [2.45, 2.75) is 0 Å². The van der Waals surface area contributed by atoms with Gasteiger partial charge in [0.25, 0.3) is 0 Å². The van der Waals surface area contributed by atoms with E-state index in [-0.39, 0.29) is 5.88 Å². The Bertz CT molecular complexity index is 1160. The molecule has 4 rings (SSSR count). The first-order chi connectivity index (χ1) is 13.8. The second-order valence-electron chi connectivity index (χ2n) is 6.14. The van der Waals surface area contributed by atoms with Gasteiger partial charge in [-0.1, -0.05) is 84.4 Å². The van der Waals surface area contributed by atoms with Crippen LogP contribution in [0.3, 0.4) is 0 Å². The van der Waals surface area contributed by atoms with Crippen molar-refractivity contribution in [3.05, 3.63) is 101 Å². The van der Waals surface area contributed by atoms with Crippen LogP contribution in [0.4, 0.5) is 5.88 Å². The SMILES string of the molecule is N#Cc1c(N=Cc2ccccc2)oc(-c2ccccc2)c1-c1ccc(Cl)cc1. The largest absolute Gasteiger partial charge is 0.436 e. The Morgan fingerprint density at radius 1 is 0.821 bits per heavy atom. The van der Waals surface area contributed by atoms with Crippen LogP contribution in [0.15, 0.2) is 94.3 Å². The molecular weight excluding hydrogens is 368 g/mol. The van der Waals surface area contributed by atoms with Crippen molar-refractivity contribution in [1.29, 1.82) is 5.26 Å². The van der Waals surface area contributed by atoms with E-state index in [1.165, 1.54) is 0 Å². The summed E-state index contributed by atoms with van der Waals surface area (Å²) in [5.74, 6) is 0.898. The molecule has 0 radical (unpaired) electrons. The molecule has 3 aromatic carbocycles. The molecule has 3 nitrogen and oxygen atoms in total. The molecule has 0 N–H and O–H groups in total. The van der Waals surface area contributed by atoms with Gasteiger partial charge in [-0.3, -0.25) is 0 Å². The predicted octanol–water partition coefficient (Wildman–Crippen LogP) is 6.89. The second kappa shape index (κ2) is 7.96. The van der Waals surface area contributed by atoms with Gasteiger partial charge in [-0.05, 0) is 23.3 Å². The molecule has 0 unspecified atom stereocenters. The van der Waals surface area contributed by atoms with Gasteiger partial charge in [0.1, 0.15) is 17.4 Å². The van der Waals surface area contributed by atoms with E-state index in [9.17, 15) is 5.26 Å². The minimum atomic E-state index is 0.287. The zero-order chi connectivity index (χ0) is 19.3. The van der Waals surface area contributed by atoms with Crippen LogP contribution in [0.25, 0.3) is 22.5 Å². The fourth-order valence-corrected chi connectivity index (χ4v) is 3.10. The van der Waals surface area contributed by atoms with Gasteiger partial charge in [0.2, 0.25) is 5.88 Å². The van der Waals surface area contributed by atoms with Gasteiger partial charge in [-0.15, -0.1) is 0 Å². The molecule has 0 amide bonds. The molecule has 28 heavy (non-hydrogen) atoms. The molecule has 0 spiro atoms. The Hall–Kier alpha value is -3.61. The molecule has 0 aliphatic carbocycles. The summed E-state index contributed by atoms with van der Waals surface area (Å²) in [5.41, 5.74) is 3.77. The molecule has 0 saturated carbocycles. The smallest absolute Gasteiger partial charge is 0.238 e. The van der Waals surface area contributed by atoms with Crippen molar-refractivity contribution in [1.82, 2.24) is 0 Å². The van der Waals surface area contributed by atoms with Gasteiger partial charge in [-0.25, -0.2) is 4.99 Å². The first-order valence-electron chi connectivity index (χ1n) is 8.73. The molecule has 1 heterocycles. The summed E-state index contributed by atoms with van der Waals surface area (Å²) in [7, 11) is 0. The minimum Gasteiger partial charge on any atom is -0.436 e. The third kappa shape index (κ3) is 3.59. The van der Waals surface area contributed by atoms with E-state index in [2.05, 4.69) is 11.1 Å². The number of halogens is 1. The van der Waals surface area contributed by atoms with E-state index in [4.69, 9.17) is 16.0 Å². The highest BCUT2D eigenvalue weighted by Crippen LogP contribution is 2.42. The highest BCUT2D eigenvalue weighted by atomic mass is 35.5. The van der Waals surface area contributed by atoms with E-state index in [1.807, 2.05) is 72.8 Å². The average Bonchev–Trinajstić information content (AvgIpc) is 3.13. The Morgan fingerprint density at radius 3 is 2.11 bits per heavy atom. The first-order valence-corrected chi connectivity index (χ1v) is 9.11. The molecule has 0 aliphatic heterocycles. The Morgan fingerprint density at radius 2 is 1.46 bits per heavy atom. The zero-order valence-electron chi connectivity index (χ0n) is 14.8. The summed E-state index contributed by atoms with van der Waals surface area (Å²) in [4.78, 5) is 4.46. The van der Waals surface area contributed by atoms with Crippen molar-refractivity contribution >= 4 is 23.7 Å². The molecule has 0 atom stereocenters. The van der Waals surface area contributed by atoms with E-state index in [0.29, 0.717) is 21.9 Å². The standard InChI is InChI=1S/C24H15ClN2O/c25-20-13-11-18(12-14-20)22-21(15-26)24(27-16-17-7-3-1-4-8-17)28-23(22)19-9-5-2-6-10-19/h1-14,16H. The van der Waals surface area contributed by atoms with Gasteiger partial charge in [0.05, 0.1) is 0 Å². The third-order valence-electron chi connectivity index (χ3n) is 4.30. The maximum absolute atomic E-state index is 9.86. The lowest BCUT2D eigenvalue weighted by molar-refractivity contribution is 0.593. The number of benzene rings is 3. The molecule has 1 aromatic heterocycles. The van der Waals surface area contributed by atoms with Crippen molar-refractivity contribution in [2.75, 3.05) is 0 Å². The number of nitrogens with zero attached hydrogens (tertiary/aromatic N) is 2. The molecule has 0 saturated heterocycles. The molecule has 0 aliphatic rings. The summed E-state index contributed by atoms with van der Waals surface area (Å²) in [5, 5.41) is 10.5. The summed E-state index contributed by atoms with van der Waals surface area (Å²) < 4.78 is 6.08. The van der Waals surface area contributed by atoms with Gasteiger partial charge < -0.3 is 4.42 Å². The van der Waals surface area contributed by atoms with E-state index >= 15 is 0 Å². The van der Waals surface area contributed by atoms with E-state index in [1.54, 1.807) is 18.3 Å². The summed E-state index contributed by atoms with van der Waals surface area (Å²) in [6.07, 6.45) is 1.69. The highest BCUT2D eigenvalue weighted by molar-refractivity contribution is 6.30. The van der Waals surface area contributed by atoms with Crippen LogP contribution in [0, 0.1) is 11.3 Å². The number of nitriles is 1. The normalized spacial score (nSPS) is 10.9. The lowest BCUT2D eigenvalue weighted by Crippen LogP contribution is -1.84.